The Balaban J connectivity index is 1.76. The van der Waals surface area contributed by atoms with Gasteiger partial charge in [0.25, 0.3) is 5.91 Å². The van der Waals surface area contributed by atoms with Crippen molar-refractivity contribution in [2.24, 2.45) is 0 Å². The summed E-state index contributed by atoms with van der Waals surface area (Å²) in [6, 6.07) is 14.8. The molecule has 1 heterocycles. The van der Waals surface area contributed by atoms with Crippen LogP contribution in [-0.2, 0) is 25.5 Å². The third-order valence-electron chi connectivity index (χ3n) is 5.74. The van der Waals surface area contributed by atoms with Crippen LogP contribution in [0, 0.1) is 0 Å². The Morgan fingerprint density at radius 2 is 1.65 bits per heavy atom. The number of carbonyl (C=O) groups excluding carboxylic acids is 4. The Hall–Kier alpha value is -3.72. The molecule has 1 fully saturated rings. The lowest BCUT2D eigenvalue weighted by Gasteiger charge is -2.27. The van der Waals surface area contributed by atoms with E-state index < -0.39 is 42.5 Å². The van der Waals surface area contributed by atoms with Crippen LogP contribution in [-0.4, -0.2) is 72.1 Å². The van der Waals surface area contributed by atoms with Gasteiger partial charge in [-0.2, -0.15) is 0 Å². The van der Waals surface area contributed by atoms with Gasteiger partial charge in [-0.25, -0.2) is 4.79 Å². The largest absolute Gasteiger partial charge is 0.467 e. The van der Waals surface area contributed by atoms with Gasteiger partial charge < -0.3 is 25.4 Å². The van der Waals surface area contributed by atoms with Crippen molar-refractivity contribution in [3.05, 3.63) is 71.8 Å². The van der Waals surface area contributed by atoms with E-state index in [0.29, 0.717) is 24.9 Å². The van der Waals surface area contributed by atoms with Crippen molar-refractivity contribution >= 4 is 23.7 Å². The molecular weight excluding hydrogens is 438 g/mol. The number of rotatable bonds is 9. The maximum absolute atomic E-state index is 13.2. The van der Waals surface area contributed by atoms with Crippen molar-refractivity contribution in [3.63, 3.8) is 0 Å². The van der Waals surface area contributed by atoms with Gasteiger partial charge in [0.1, 0.15) is 12.1 Å². The molecule has 2 aromatic rings. The molecule has 0 aliphatic carbocycles. The van der Waals surface area contributed by atoms with Gasteiger partial charge in [-0.3, -0.25) is 14.4 Å². The molecule has 3 rings (SSSR count). The minimum atomic E-state index is -1.25. The predicted molar refractivity (Wildman–Crippen MR) is 124 cm³/mol. The number of hydrogen-bond donors (Lipinski definition) is 3. The number of benzene rings is 2. The zero-order valence-corrected chi connectivity index (χ0v) is 19.0. The number of aliphatic hydroxyl groups is 1. The van der Waals surface area contributed by atoms with E-state index in [2.05, 4.69) is 15.4 Å². The molecule has 9 nitrogen and oxygen atoms in total. The molecule has 180 valence electrons. The number of methoxy groups -OCH3 is 1. The Morgan fingerprint density at radius 1 is 1.00 bits per heavy atom. The molecule has 9 heteroatoms. The second-order valence-corrected chi connectivity index (χ2v) is 8.04. The van der Waals surface area contributed by atoms with Gasteiger partial charge in [-0.15, -0.1) is 0 Å². The quantitative estimate of drug-likeness (QED) is 0.466. The third kappa shape index (κ3) is 6.20. The Bertz CT molecular complexity index is 998. The van der Waals surface area contributed by atoms with Gasteiger partial charge in [0.15, 0.2) is 6.04 Å². The lowest BCUT2D eigenvalue weighted by molar-refractivity contribution is -0.146. The first-order valence-corrected chi connectivity index (χ1v) is 11.1. The summed E-state index contributed by atoms with van der Waals surface area (Å²) in [4.78, 5) is 52.5. The summed E-state index contributed by atoms with van der Waals surface area (Å²) in [5.41, 5.74) is 1.29. The number of nitrogens with one attached hydrogen (secondary N) is 2. The average Bonchev–Trinajstić information content (AvgIpc) is 3.37. The highest BCUT2D eigenvalue weighted by Crippen LogP contribution is 2.21. The highest BCUT2D eigenvalue weighted by Gasteiger charge is 2.36. The monoisotopic (exact) mass is 467 g/mol. The molecule has 0 spiro atoms. The normalized spacial score (nSPS) is 16.9. The van der Waals surface area contributed by atoms with E-state index >= 15 is 0 Å². The van der Waals surface area contributed by atoms with E-state index in [1.165, 1.54) is 4.90 Å². The lowest BCUT2D eigenvalue weighted by atomic mass is 10.0. The highest BCUT2D eigenvalue weighted by atomic mass is 16.5. The molecule has 0 aromatic heterocycles. The van der Waals surface area contributed by atoms with E-state index in [1.807, 2.05) is 36.4 Å². The van der Waals surface area contributed by atoms with Crippen LogP contribution in [0.15, 0.2) is 60.7 Å². The number of ether oxygens (including phenoxy) is 1. The van der Waals surface area contributed by atoms with Gasteiger partial charge in [-0.05, 0) is 30.5 Å². The summed E-state index contributed by atoms with van der Waals surface area (Å²) in [6.45, 7) is -0.206. The first-order chi connectivity index (χ1) is 16.4. The molecule has 2 aromatic carbocycles. The number of esters is 1. The van der Waals surface area contributed by atoms with E-state index in [4.69, 9.17) is 0 Å². The van der Waals surface area contributed by atoms with Gasteiger partial charge in [0, 0.05) is 18.5 Å². The van der Waals surface area contributed by atoms with Crippen molar-refractivity contribution in [2.75, 3.05) is 20.3 Å². The summed E-state index contributed by atoms with van der Waals surface area (Å²) < 4.78 is 4.60. The topological polar surface area (TPSA) is 125 Å². The predicted octanol–water partition coefficient (Wildman–Crippen LogP) is 0.669. The zero-order valence-electron chi connectivity index (χ0n) is 19.0. The van der Waals surface area contributed by atoms with Crippen molar-refractivity contribution < 1.29 is 29.0 Å². The van der Waals surface area contributed by atoms with Crippen LogP contribution in [0.1, 0.15) is 28.8 Å². The van der Waals surface area contributed by atoms with Gasteiger partial charge in [0.2, 0.25) is 11.8 Å². The van der Waals surface area contributed by atoms with E-state index in [-0.39, 0.29) is 12.3 Å². The van der Waals surface area contributed by atoms with Crippen molar-refractivity contribution in [1.29, 1.82) is 0 Å². The summed E-state index contributed by atoms with van der Waals surface area (Å²) in [5, 5.41) is 14.6. The van der Waals surface area contributed by atoms with E-state index in [0.717, 1.165) is 12.7 Å². The van der Waals surface area contributed by atoms with Crippen LogP contribution in [0.2, 0.25) is 0 Å². The second-order valence-electron chi connectivity index (χ2n) is 8.04. The Labute approximate surface area is 198 Å². The molecule has 0 bridgehead atoms. The fourth-order valence-corrected chi connectivity index (χ4v) is 3.95. The average molecular weight is 468 g/mol. The maximum Gasteiger partial charge on any atom is 0.330 e. The number of aliphatic hydroxyl groups excluding tert-OH is 1. The number of carbonyl (C=O) groups is 4. The SMILES string of the molecule is COC(=O)[C@@H](CO)NC(=O)[C@H](Cc1ccccc1)NC(=O)[C@@H]1CCCN1C(=O)c1ccccc1. The summed E-state index contributed by atoms with van der Waals surface area (Å²) >= 11 is 0. The first kappa shape index (κ1) is 24.9. The van der Waals surface area contributed by atoms with E-state index in [9.17, 15) is 24.3 Å². The number of hydrogen-bond acceptors (Lipinski definition) is 6. The van der Waals surface area contributed by atoms with Crippen LogP contribution in [0.4, 0.5) is 0 Å². The minimum absolute atomic E-state index is 0.164. The molecule has 0 radical (unpaired) electrons. The number of likely N-dealkylation sites (tertiary alicyclic amines) is 1. The van der Waals surface area contributed by atoms with Crippen molar-refractivity contribution in [3.8, 4) is 0 Å². The van der Waals surface area contributed by atoms with Crippen LogP contribution in [0.5, 0.6) is 0 Å². The summed E-state index contributed by atoms with van der Waals surface area (Å²) in [6.07, 6.45) is 1.31. The fourth-order valence-electron chi connectivity index (χ4n) is 3.95. The lowest BCUT2D eigenvalue weighted by Crippen LogP contribution is -2.56. The standard InChI is InChI=1S/C25H29N3O6/c1-34-25(33)20(16-29)27-22(30)19(15-17-9-4-2-5-10-17)26-23(31)21-13-8-14-28(21)24(32)18-11-6-3-7-12-18/h2-7,9-12,19-21,29H,8,13-16H2,1H3,(H,26,31)(H,27,30)/t19-,20+,21-/m0/s1. The molecule has 1 aliphatic heterocycles. The summed E-state index contributed by atoms with van der Waals surface area (Å²) in [5.74, 6) is -2.12. The molecule has 1 aliphatic rings. The third-order valence-corrected chi connectivity index (χ3v) is 5.74. The number of nitrogens with zero attached hydrogens (tertiary/aromatic N) is 1. The van der Waals surface area contributed by atoms with Crippen LogP contribution < -0.4 is 10.6 Å². The minimum Gasteiger partial charge on any atom is -0.467 e. The van der Waals surface area contributed by atoms with Gasteiger partial charge in [0.05, 0.1) is 13.7 Å². The molecule has 0 unspecified atom stereocenters. The molecule has 0 saturated carbocycles. The maximum atomic E-state index is 13.2. The molecule has 3 N–H and O–H groups in total. The molecule has 3 atom stereocenters. The second kappa shape index (κ2) is 11.9. The highest BCUT2D eigenvalue weighted by molar-refractivity contribution is 5.99. The summed E-state index contributed by atoms with van der Waals surface area (Å²) in [7, 11) is 1.15. The molecule has 3 amide bonds. The van der Waals surface area contributed by atoms with Crippen molar-refractivity contribution in [1.82, 2.24) is 15.5 Å². The molecule has 34 heavy (non-hydrogen) atoms. The van der Waals surface area contributed by atoms with Gasteiger partial charge >= 0.3 is 5.97 Å². The first-order valence-electron chi connectivity index (χ1n) is 11.1. The fraction of sp³-hybridized carbons (Fsp3) is 0.360. The smallest absolute Gasteiger partial charge is 0.330 e. The van der Waals surface area contributed by atoms with E-state index in [1.54, 1.807) is 24.3 Å². The zero-order chi connectivity index (χ0) is 24.5. The van der Waals surface area contributed by atoms with Crippen LogP contribution in [0.25, 0.3) is 0 Å². The molecular formula is C25H29N3O6. The van der Waals surface area contributed by atoms with Crippen LogP contribution in [0.3, 0.4) is 0 Å². The Kier molecular flexibility index (Phi) is 8.75. The molecule has 1 saturated heterocycles. The number of amides is 3. The van der Waals surface area contributed by atoms with Crippen molar-refractivity contribution in [2.45, 2.75) is 37.4 Å². The van der Waals surface area contributed by atoms with Gasteiger partial charge in [-0.1, -0.05) is 48.5 Å². The Morgan fingerprint density at radius 3 is 2.26 bits per heavy atom. The van der Waals surface area contributed by atoms with Crippen LogP contribution >= 0.6 is 0 Å².